The number of nitrogens with zero attached hydrogens (tertiary/aromatic N) is 2. The predicted octanol–water partition coefficient (Wildman–Crippen LogP) is 2.38. The van der Waals surface area contributed by atoms with Crippen LogP contribution < -0.4 is 5.73 Å². The number of hydrogen-bond acceptors (Lipinski definition) is 2. The third-order valence-corrected chi connectivity index (χ3v) is 3.06. The molecule has 0 saturated heterocycles. The lowest BCUT2D eigenvalue weighted by atomic mass is 9.99. The molecule has 1 aliphatic heterocycles. The fraction of sp³-hybridized carbons (Fsp3) is 0.385. The van der Waals surface area contributed by atoms with Crippen LogP contribution in [0.1, 0.15) is 30.5 Å². The van der Waals surface area contributed by atoms with Gasteiger partial charge < -0.3 is 10.6 Å². The number of carbonyl (C=O) groups is 1. The monoisotopic (exact) mass is 249 g/mol. The molecule has 0 saturated carbocycles. The number of urea groups is 1. The summed E-state index contributed by atoms with van der Waals surface area (Å²) in [6.45, 7) is 4.40. The van der Waals surface area contributed by atoms with Crippen molar-refractivity contribution in [1.82, 2.24) is 4.90 Å². The van der Waals surface area contributed by atoms with Gasteiger partial charge in [0.25, 0.3) is 0 Å². The van der Waals surface area contributed by atoms with Crippen LogP contribution in [0.2, 0.25) is 0 Å². The molecule has 0 radical (unpaired) electrons. The van der Waals surface area contributed by atoms with Gasteiger partial charge >= 0.3 is 6.03 Å². The maximum atomic E-state index is 13.4. The first kappa shape index (κ1) is 12.5. The molecule has 0 spiro atoms. The van der Waals surface area contributed by atoms with Gasteiger partial charge in [-0.1, -0.05) is 13.0 Å². The molecular weight excluding hydrogens is 233 g/mol. The molecule has 5 heteroatoms. The highest BCUT2D eigenvalue weighted by molar-refractivity contribution is 6.03. The summed E-state index contributed by atoms with van der Waals surface area (Å²) in [5.41, 5.74) is 7.41. The van der Waals surface area contributed by atoms with E-state index in [4.69, 9.17) is 5.73 Å². The van der Waals surface area contributed by atoms with Gasteiger partial charge in [0, 0.05) is 6.54 Å². The Morgan fingerprint density at radius 3 is 2.89 bits per heavy atom. The van der Waals surface area contributed by atoms with Gasteiger partial charge in [0.05, 0.1) is 0 Å². The maximum Gasteiger partial charge on any atom is 0.346 e. The first-order valence-electron chi connectivity index (χ1n) is 5.95. The number of aliphatic imine (C=N–C) groups is 1. The Kier molecular flexibility index (Phi) is 3.32. The Morgan fingerprint density at radius 2 is 2.22 bits per heavy atom. The molecule has 2 rings (SSSR count). The summed E-state index contributed by atoms with van der Waals surface area (Å²) in [6.07, 6.45) is 0.805. The summed E-state index contributed by atoms with van der Waals surface area (Å²) >= 11 is 0. The van der Waals surface area contributed by atoms with Crippen molar-refractivity contribution in [2.75, 3.05) is 6.54 Å². The van der Waals surface area contributed by atoms with E-state index in [1.165, 1.54) is 12.1 Å². The fourth-order valence-corrected chi connectivity index (χ4v) is 2.20. The second-order valence-electron chi connectivity index (χ2n) is 4.42. The standard InChI is InChI=1S/C13H16FN3O/c1-3-6-17-11(12(15)16-13(17)18)10-7-9(14)5-4-8(10)2/h4-5,7,11H,3,6H2,1-2H3,(H2,15,16,18). The van der Waals surface area contributed by atoms with E-state index in [0.29, 0.717) is 12.1 Å². The summed E-state index contributed by atoms with van der Waals surface area (Å²) in [5, 5.41) is 0. The van der Waals surface area contributed by atoms with Crippen LogP contribution in [0, 0.1) is 12.7 Å². The van der Waals surface area contributed by atoms with Crippen molar-refractivity contribution >= 4 is 11.9 Å². The SMILES string of the molecule is CCCN1C(=O)N=C(N)C1c1cc(F)ccc1C. The summed E-state index contributed by atoms with van der Waals surface area (Å²) in [6, 6.07) is 3.72. The van der Waals surface area contributed by atoms with E-state index >= 15 is 0 Å². The lowest BCUT2D eigenvalue weighted by molar-refractivity contribution is 0.206. The number of halogens is 1. The van der Waals surface area contributed by atoms with Gasteiger partial charge in [-0.05, 0) is 36.6 Å². The number of hydrogen-bond donors (Lipinski definition) is 1. The van der Waals surface area contributed by atoms with Crippen LogP contribution in [0.15, 0.2) is 23.2 Å². The molecule has 1 unspecified atom stereocenters. The zero-order chi connectivity index (χ0) is 13.3. The van der Waals surface area contributed by atoms with Crippen LogP contribution in [0.3, 0.4) is 0 Å². The Labute approximate surface area is 105 Å². The molecule has 2 N–H and O–H groups in total. The first-order valence-corrected chi connectivity index (χ1v) is 5.95. The predicted molar refractivity (Wildman–Crippen MR) is 67.9 cm³/mol. The van der Waals surface area contributed by atoms with Crippen molar-refractivity contribution in [3.63, 3.8) is 0 Å². The van der Waals surface area contributed by atoms with Crippen LogP contribution in [0.4, 0.5) is 9.18 Å². The lowest BCUT2D eigenvalue weighted by Gasteiger charge is -2.25. The zero-order valence-corrected chi connectivity index (χ0v) is 10.5. The Balaban J connectivity index is 2.44. The molecule has 18 heavy (non-hydrogen) atoms. The first-order chi connectivity index (χ1) is 8.54. The second-order valence-corrected chi connectivity index (χ2v) is 4.42. The van der Waals surface area contributed by atoms with Crippen molar-refractivity contribution in [3.05, 3.63) is 35.1 Å². The minimum Gasteiger partial charge on any atom is -0.385 e. The van der Waals surface area contributed by atoms with E-state index in [-0.39, 0.29) is 17.7 Å². The zero-order valence-electron chi connectivity index (χ0n) is 10.5. The molecular formula is C13H16FN3O. The van der Waals surface area contributed by atoms with Crippen molar-refractivity contribution in [1.29, 1.82) is 0 Å². The molecule has 0 bridgehead atoms. The minimum atomic E-state index is -0.437. The van der Waals surface area contributed by atoms with Crippen LogP contribution in [-0.2, 0) is 0 Å². The fourth-order valence-electron chi connectivity index (χ4n) is 2.20. The summed E-state index contributed by atoms with van der Waals surface area (Å²) in [4.78, 5) is 17.1. The topological polar surface area (TPSA) is 58.7 Å². The number of benzene rings is 1. The molecule has 0 aromatic heterocycles. The van der Waals surface area contributed by atoms with Gasteiger partial charge in [0.1, 0.15) is 17.7 Å². The van der Waals surface area contributed by atoms with E-state index in [1.54, 1.807) is 11.0 Å². The molecule has 96 valence electrons. The van der Waals surface area contributed by atoms with Gasteiger partial charge in [-0.3, -0.25) is 0 Å². The third-order valence-electron chi connectivity index (χ3n) is 3.06. The third kappa shape index (κ3) is 2.08. The quantitative estimate of drug-likeness (QED) is 0.894. The Morgan fingerprint density at radius 1 is 1.50 bits per heavy atom. The Hall–Kier alpha value is -1.91. The van der Waals surface area contributed by atoms with Crippen molar-refractivity contribution < 1.29 is 9.18 Å². The number of aryl methyl sites for hydroxylation is 1. The van der Waals surface area contributed by atoms with Crippen LogP contribution in [-0.4, -0.2) is 23.3 Å². The average molecular weight is 249 g/mol. The number of amidine groups is 1. The molecule has 1 atom stereocenters. The van der Waals surface area contributed by atoms with Crippen molar-refractivity contribution in [2.24, 2.45) is 10.7 Å². The highest BCUT2D eigenvalue weighted by Gasteiger charge is 2.34. The Bertz CT molecular complexity index is 513. The molecule has 1 aromatic carbocycles. The average Bonchev–Trinajstić information content (AvgIpc) is 2.58. The van der Waals surface area contributed by atoms with Gasteiger partial charge in [-0.25, -0.2) is 9.18 Å². The molecule has 2 amide bonds. The molecule has 0 fully saturated rings. The lowest BCUT2D eigenvalue weighted by Crippen LogP contribution is -2.34. The van der Waals surface area contributed by atoms with Gasteiger partial charge in [0.15, 0.2) is 0 Å². The molecule has 1 aromatic rings. The number of nitrogens with two attached hydrogens (primary N) is 1. The maximum absolute atomic E-state index is 13.4. The minimum absolute atomic E-state index is 0.238. The number of rotatable bonds is 3. The molecule has 1 aliphatic rings. The van der Waals surface area contributed by atoms with Crippen molar-refractivity contribution in [3.8, 4) is 0 Å². The summed E-state index contributed by atoms with van der Waals surface area (Å²) < 4.78 is 13.4. The molecule has 0 aliphatic carbocycles. The van der Waals surface area contributed by atoms with Crippen molar-refractivity contribution in [2.45, 2.75) is 26.3 Å². The van der Waals surface area contributed by atoms with Gasteiger partial charge in [-0.15, -0.1) is 0 Å². The highest BCUT2D eigenvalue weighted by Crippen LogP contribution is 2.29. The molecule has 1 heterocycles. The van der Waals surface area contributed by atoms with E-state index in [1.807, 2.05) is 13.8 Å². The largest absolute Gasteiger partial charge is 0.385 e. The number of carbonyl (C=O) groups excluding carboxylic acids is 1. The van der Waals surface area contributed by atoms with E-state index in [9.17, 15) is 9.18 Å². The van der Waals surface area contributed by atoms with Crippen LogP contribution in [0.25, 0.3) is 0 Å². The van der Waals surface area contributed by atoms with Gasteiger partial charge in [0.2, 0.25) is 0 Å². The van der Waals surface area contributed by atoms with E-state index in [2.05, 4.69) is 4.99 Å². The second kappa shape index (κ2) is 4.76. The van der Waals surface area contributed by atoms with Gasteiger partial charge in [-0.2, -0.15) is 4.99 Å². The van der Waals surface area contributed by atoms with E-state index < -0.39 is 6.04 Å². The van der Waals surface area contributed by atoms with Crippen LogP contribution in [0.5, 0.6) is 0 Å². The molecule has 4 nitrogen and oxygen atoms in total. The summed E-state index contributed by atoms with van der Waals surface area (Å²) in [5.74, 6) is -0.0960. The highest BCUT2D eigenvalue weighted by atomic mass is 19.1. The number of amides is 2. The summed E-state index contributed by atoms with van der Waals surface area (Å²) in [7, 11) is 0. The van der Waals surface area contributed by atoms with E-state index in [0.717, 1.165) is 12.0 Å². The smallest absolute Gasteiger partial charge is 0.346 e. The normalized spacial score (nSPS) is 19.3. The van der Waals surface area contributed by atoms with Crippen LogP contribution >= 0.6 is 0 Å².